The van der Waals surface area contributed by atoms with Crippen LogP contribution in [-0.2, 0) is 9.47 Å². The van der Waals surface area contributed by atoms with Gasteiger partial charge in [-0.15, -0.1) is 24.0 Å². The minimum Gasteiger partial charge on any atom is -0.381 e. The summed E-state index contributed by atoms with van der Waals surface area (Å²) in [6.45, 7) is 11.9. The van der Waals surface area contributed by atoms with Crippen molar-refractivity contribution in [3.63, 3.8) is 0 Å². The Morgan fingerprint density at radius 3 is 2.63 bits per heavy atom. The zero-order valence-corrected chi connectivity index (χ0v) is 19.7. The molecule has 156 valence electrons. The Kier molecular flexibility index (Phi) is 7.98. The molecule has 6 nitrogen and oxygen atoms in total. The summed E-state index contributed by atoms with van der Waals surface area (Å²) in [5.41, 5.74) is 0.601. The standard InChI is InChI=1S/C19H34N4O2S.HI/c1-2-20-17(22-6-3-18(14-22)4-9-25-15-18)21-13-19(5-12-26-16-19)23-7-10-24-11-8-23;/h2-16H2,1H3,(H,20,21);1H. The number of nitrogens with one attached hydrogen (secondary N) is 1. The van der Waals surface area contributed by atoms with Crippen LogP contribution in [0.3, 0.4) is 0 Å². The predicted molar refractivity (Wildman–Crippen MR) is 123 cm³/mol. The molecule has 27 heavy (non-hydrogen) atoms. The van der Waals surface area contributed by atoms with E-state index in [1.54, 1.807) is 0 Å². The summed E-state index contributed by atoms with van der Waals surface area (Å²) in [5.74, 6) is 3.57. The van der Waals surface area contributed by atoms with Crippen LogP contribution in [0.15, 0.2) is 4.99 Å². The Labute approximate surface area is 185 Å². The summed E-state index contributed by atoms with van der Waals surface area (Å²) in [7, 11) is 0. The van der Waals surface area contributed by atoms with Gasteiger partial charge in [-0.25, -0.2) is 0 Å². The molecule has 0 aromatic heterocycles. The van der Waals surface area contributed by atoms with Gasteiger partial charge >= 0.3 is 0 Å². The zero-order chi connectivity index (χ0) is 17.9. The van der Waals surface area contributed by atoms with Gasteiger partial charge in [0.1, 0.15) is 0 Å². The SMILES string of the molecule is CCNC(=NCC1(N2CCOCC2)CCSC1)N1CCC2(CCOC2)C1.I. The first kappa shape index (κ1) is 21.9. The van der Waals surface area contributed by atoms with Crippen LogP contribution < -0.4 is 5.32 Å². The highest BCUT2D eigenvalue weighted by molar-refractivity contribution is 14.0. The third kappa shape index (κ3) is 4.87. The second kappa shape index (κ2) is 9.82. The lowest BCUT2D eigenvalue weighted by atomic mass is 9.87. The molecule has 4 rings (SSSR count). The molecule has 4 aliphatic heterocycles. The predicted octanol–water partition coefficient (Wildman–Crippen LogP) is 1.89. The average Bonchev–Trinajstić information content (AvgIpc) is 3.43. The van der Waals surface area contributed by atoms with Crippen molar-refractivity contribution in [2.75, 3.05) is 77.2 Å². The van der Waals surface area contributed by atoms with Crippen LogP contribution in [0.5, 0.6) is 0 Å². The number of thioether (sulfide) groups is 1. The largest absolute Gasteiger partial charge is 0.381 e. The Hall–Kier alpha value is 0.230. The Bertz CT molecular complexity index is 504. The topological polar surface area (TPSA) is 49.3 Å². The van der Waals surface area contributed by atoms with E-state index in [-0.39, 0.29) is 29.5 Å². The van der Waals surface area contributed by atoms with E-state index in [9.17, 15) is 0 Å². The van der Waals surface area contributed by atoms with Gasteiger partial charge in [-0.05, 0) is 31.9 Å². The number of hydrogen-bond acceptors (Lipinski definition) is 5. The van der Waals surface area contributed by atoms with Crippen molar-refractivity contribution >= 4 is 41.7 Å². The molecular formula is C19H35IN4O2S. The van der Waals surface area contributed by atoms with Gasteiger partial charge in [0, 0.05) is 50.5 Å². The van der Waals surface area contributed by atoms with Gasteiger partial charge in [0.05, 0.1) is 31.9 Å². The number of halogens is 1. The Balaban J connectivity index is 0.00000210. The van der Waals surface area contributed by atoms with E-state index in [2.05, 4.69) is 33.8 Å². The van der Waals surface area contributed by atoms with Crippen molar-refractivity contribution in [2.45, 2.75) is 31.7 Å². The first-order valence-electron chi connectivity index (χ1n) is 10.3. The molecule has 2 unspecified atom stereocenters. The van der Waals surface area contributed by atoms with E-state index in [0.717, 1.165) is 71.7 Å². The highest BCUT2D eigenvalue weighted by Crippen LogP contribution is 2.38. The minimum absolute atomic E-state index is 0. The van der Waals surface area contributed by atoms with Gasteiger partial charge in [-0.2, -0.15) is 11.8 Å². The van der Waals surface area contributed by atoms with Crippen molar-refractivity contribution in [1.82, 2.24) is 15.1 Å². The van der Waals surface area contributed by atoms with Crippen LogP contribution in [0.2, 0.25) is 0 Å². The second-order valence-electron chi connectivity index (χ2n) is 8.27. The minimum atomic E-state index is 0. The van der Waals surface area contributed by atoms with E-state index in [4.69, 9.17) is 14.5 Å². The van der Waals surface area contributed by atoms with Gasteiger partial charge in [-0.3, -0.25) is 9.89 Å². The van der Waals surface area contributed by atoms with Gasteiger partial charge in [0.15, 0.2) is 5.96 Å². The highest BCUT2D eigenvalue weighted by Gasteiger charge is 2.43. The molecule has 4 fully saturated rings. The molecule has 4 heterocycles. The van der Waals surface area contributed by atoms with Crippen molar-refractivity contribution in [3.8, 4) is 0 Å². The fraction of sp³-hybridized carbons (Fsp3) is 0.947. The summed E-state index contributed by atoms with van der Waals surface area (Å²) in [5, 5.41) is 3.56. The molecule has 0 radical (unpaired) electrons. The van der Waals surface area contributed by atoms with Crippen molar-refractivity contribution < 1.29 is 9.47 Å². The zero-order valence-electron chi connectivity index (χ0n) is 16.6. The third-order valence-corrected chi connectivity index (χ3v) is 7.78. The van der Waals surface area contributed by atoms with Crippen molar-refractivity contribution in [3.05, 3.63) is 0 Å². The molecule has 2 atom stereocenters. The smallest absolute Gasteiger partial charge is 0.194 e. The van der Waals surface area contributed by atoms with Gasteiger partial charge in [-0.1, -0.05) is 0 Å². The van der Waals surface area contributed by atoms with E-state index in [0.29, 0.717) is 5.41 Å². The number of morpholine rings is 1. The molecule has 4 saturated heterocycles. The molecule has 1 spiro atoms. The Morgan fingerprint density at radius 1 is 1.11 bits per heavy atom. The summed E-state index contributed by atoms with van der Waals surface area (Å²) in [4.78, 5) is 10.3. The quantitative estimate of drug-likeness (QED) is 0.354. The molecule has 0 saturated carbocycles. The normalized spacial score (nSPS) is 35.0. The summed E-state index contributed by atoms with van der Waals surface area (Å²) < 4.78 is 11.3. The monoisotopic (exact) mass is 510 g/mol. The maximum absolute atomic E-state index is 5.70. The lowest BCUT2D eigenvalue weighted by Crippen LogP contribution is -2.56. The van der Waals surface area contributed by atoms with E-state index in [1.807, 2.05) is 0 Å². The van der Waals surface area contributed by atoms with Crippen molar-refractivity contribution in [1.29, 1.82) is 0 Å². The number of ether oxygens (including phenoxy) is 2. The van der Waals surface area contributed by atoms with Crippen LogP contribution in [0, 0.1) is 5.41 Å². The number of likely N-dealkylation sites (tertiary alicyclic amines) is 1. The number of aliphatic imine (C=N–C) groups is 1. The van der Waals surface area contributed by atoms with Crippen LogP contribution >= 0.6 is 35.7 Å². The van der Waals surface area contributed by atoms with Crippen LogP contribution in [-0.4, -0.2) is 98.5 Å². The molecule has 0 bridgehead atoms. The number of nitrogens with zero attached hydrogens (tertiary/aromatic N) is 3. The second-order valence-corrected chi connectivity index (χ2v) is 9.38. The molecule has 0 aromatic carbocycles. The first-order chi connectivity index (χ1) is 12.8. The fourth-order valence-corrected chi connectivity index (χ4v) is 6.31. The molecule has 4 aliphatic rings. The summed E-state index contributed by atoms with van der Waals surface area (Å²) in [6.07, 6.45) is 3.69. The number of hydrogen-bond donors (Lipinski definition) is 1. The van der Waals surface area contributed by atoms with Crippen LogP contribution in [0.25, 0.3) is 0 Å². The summed E-state index contributed by atoms with van der Waals surface area (Å²) >= 11 is 2.08. The van der Waals surface area contributed by atoms with Crippen molar-refractivity contribution in [2.24, 2.45) is 10.4 Å². The summed E-state index contributed by atoms with van der Waals surface area (Å²) in [6, 6.07) is 0. The lowest BCUT2D eigenvalue weighted by molar-refractivity contribution is -0.0105. The lowest BCUT2D eigenvalue weighted by Gasteiger charge is -2.42. The Morgan fingerprint density at radius 2 is 1.96 bits per heavy atom. The van der Waals surface area contributed by atoms with Gasteiger partial charge in [0.25, 0.3) is 0 Å². The molecule has 8 heteroatoms. The van der Waals surface area contributed by atoms with Crippen LogP contribution in [0.1, 0.15) is 26.2 Å². The maximum Gasteiger partial charge on any atom is 0.194 e. The molecule has 0 aliphatic carbocycles. The third-order valence-electron chi connectivity index (χ3n) is 6.55. The average molecular weight is 510 g/mol. The van der Waals surface area contributed by atoms with Gasteiger partial charge < -0.3 is 19.7 Å². The highest BCUT2D eigenvalue weighted by atomic mass is 127. The molecular weight excluding hydrogens is 475 g/mol. The number of guanidine groups is 1. The van der Waals surface area contributed by atoms with E-state index < -0.39 is 0 Å². The molecule has 0 amide bonds. The van der Waals surface area contributed by atoms with Crippen LogP contribution in [0.4, 0.5) is 0 Å². The first-order valence-corrected chi connectivity index (χ1v) is 11.4. The van der Waals surface area contributed by atoms with Gasteiger partial charge in [0.2, 0.25) is 0 Å². The molecule has 0 aromatic rings. The van der Waals surface area contributed by atoms with E-state index >= 15 is 0 Å². The fourth-order valence-electron chi connectivity index (χ4n) is 4.84. The van der Waals surface area contributed by atoms with E-state index in [1.165, 1.54) is 30.8 Å². The maximum atomic E-state index is 5.70. The molecule has 1 N–H and O–H groups in total. The number of rotatable bonds is 4.